The standard InChI is InChI=1S/C22H17N5OS2/c1-14-17-11-19(30-22(17)27(26-14)16-5-3-2-4-6-16)21(28)24-12-20-25-18(13-29-20)15-7-9-23-10-8-15/h2-11,13H,12H2,1H3,(H,24,28). The highest BCUT2D eigenvalue weighted by Crippen LogP contribution is 2.30. The second-order valence-corrected chi connectivity index (χ2v) is 8.68. The number of benzene rings is 1. The molecule has 6 nitrogen and oxygen atoms in total. The Hall–Kier alpha value is -3.36. The molecular weight excluding hydrogens is 414 g/mol. The number of nitrogens with one attached hydrogen (secondary N) is 1. The monoisotopic (exact) mass is 431 g/mol. The third-order valence-electron chi connectivity index (χ3n) is 4.70. The van der Waals surface area contributed by atoms with E-state index in [2.05, 4.69) is 20.4 Å². The molecule has 4 aromatic heterocycles. The number of aryl methyl sites for hydroxylation is 1. The molecule has 0 fully saturated rings. The maximum absolute atomic E-state index is 12.8. The molecule has 8 heteroatoms. The zero-order valence-electron chi connectivity index (χ0n) is 16.1. The number of nitrogens with zero attached hydrogens (tertiary/aromatic N) is 4. The Labute approximate surface area is 180 Å². The molecule has 1 aromatic carbocycles. The van der Waals surface area contributed by atoms with Crippen molar-refractivity contribution < 1.29 is 4.79 Å². The van der Waals surface area contributed by atoms with Crippen molar-refractivity contribution in [2.24, 2.45) is 0 Å². The van der Waals surface area contributed by atoms with Gasteiger partial charge in [-0.3, -0.25) is 9.78 Å². The van der Waals surface area contributed by atoms with Crippen LogP contribution < -0.4 is 5.32 Å². The number of carbonyl (C=O) groups excluding carboxylic acids is 1. The van der Waals surface area contributed by atoms with Gasteiger partial charge in [0.2, 0.25) is 0 Å². The Morgan fingerprint density at radius 3 is 2.73 bits per heavy atom. The molecule has 0 radical (unpaired) electrons. The van der Waals surface area contributed by atoms with Crippen LogP contribution in [-0.2, 0) is 6.54 Å². The summed E-state index contributed by atoms with van der Waals surface area (Å²) in [5, 5.41) is 11.5. The quantitative estimate of drug-likeness (QED) is 0.432. The molecule has 4 heterocycles. The summed E-state index contributed by atoms with van der Waals surface area (Å²) in [4.78, 5) is 23.0. The Kier molecular flexibility index (Phi) is 4.86. The number of para-hydroxylation sites is 1. The molecule has 30 heavy (non-hydrogen) atoms. The van der Waals surface area contributed by atoms with Gasteiger partial charge >= 0.3 is 0 Å². The van der Waals surface area contributed by atoms with E-state index >= 15 is 0 Å². The van der Waals surface area contributed by atoms with Gasteiger partial charge in [0.25, 0.3) is 5.91 Å². The van der Waals surface area contributed by atoms with Crippen molar-refractivity contribution in [3.63, 3.8) is 0 Å². The van der Waals surface area contributed by atoms with Gasteiger partial charge < -0.3 is 5.32 Å². The van der Waals surface area contributed by atoms with E-state index in [1.807, 2.05) is 65.5 Å². The fraction of sp³-hybridized carbons (Fsp3) is 0.0909. The van der Waals surface area contributed by atoms with Crippen LogP contribution in [0.1, 0.15) is 20.4 Å². The number of carbonyl (C=O) groups is 1. The predicted molar refractivity (Wildman–Crippen MR) is 120 cm³/mol. The molecule has 148 valence electrons. The van der Waals surface area contributed by atoms with Gasteiger partial charge in [-0.2, -0.15) is 5.10 Å². The van der Waals surface area contributed by atoms with E-state index in [1.54, 1.807) is 12.4 Å². The molecule has 0 saturated carbocycles. The van der Waals surface area contributed by atoms with Crippen LogP contribution in [0, 0.1) is 6.92 Å². The maximum atomic E-state index is 12.8. The van der Waals surface area contributed by atoms with Crippen LogP contribution in [-0.4, -0.2) is 25.7 Å². The van der Waals surface area contributed by atoms with Gasteiger partial charge in [0.15, 0.2) is 0 Å². The highest BCUT2D eigenvalue weighted by Gasteiger charge is 2.17. The van der Waals surface area contributed by atoms with Crippen LogP contribution in [0.25, 0.3) is 27.2 Å². The molecule has 0 bridgehead atoms. The lowest BCUT2D eigenvalue weighted by atomic mass is 10.2. The number of thiophene rings is 1. The molecule has 0 atom stereocenters. The van der Waals surface area contributed by atoms with Crippen LogP contribution in [0.2, 0.25) is 0 Å². The molecule has 0 saturated heterocycles. The lowest BCUT2D eigenvalue weighted by Crippen LogP contribution is -2.21. The van der Waals surface area contributed by atoms with Gasteiger partial charge in [-0.1, -0.05) is 18.2 Å². The van der Waals surface area contributed by atoms with Crippen molar-refractivity contribution in [3.8, 4) is 16.9 Å². The van der Waals surface area contributed by atoms with Crippen LogP contribution in [0.4, 0.5) is 0 Å². The minimum atomic E-state index is -0.101. The normalized spacial score (nSPS) is 11.1. The first-order chi connectivity index (χ1) is 14.7. The lowest BCUT2D eigenvalue weighted by molar-refractivity contribution is 0.0955. The first kappa shape index (κ1) is 18.7. The van der Waals surface area contributed by atoms with Crippen molar-refractivity contribution in [1.29, 1.82) is 0 Å². The summed E-state index contributed by atoms with van der Waals surface area (Å²) >= 11 is 2.98. The van der Waals surface area contributed by atoms with E-state index in [4.69, 9.17) is 0 Å². The largest absolute Gasteiger partial charge is 0.345 e. The molecule has 1 N–H and O–H groups in total. The zero-order chi connectivity index (χ0) is 20.5. The van der Waals surface area contributed by atoms with Gasteiger partial charge in [-0.25, -0.2) is 9.67 Å². The van der Waals surface area contributed by atoms with Crippen molar-refractivity contribution in [2.75, 3.05) is 0 Å². The van der Waals surface area contributed by atoms with Gasteiger partial charge in [0.1, 0.15) is 9.84 Å². The third-order valence-corrected chi connectivity index (χ3v) is 6.66. The summed E-state index contributed by atoms with van der Waals surface area (Å²) in [6.07, 6.45) is 3.49. The number of hydrogen-bond acceptors (Lipinski definition) is 6. The van der Waals surface area contributed by atoms with E-state index < -0.39 is 0 Å². The Morgan fingerprint density at radius 2 is 1.93 bits per heavy atom. The van der Waals surface area contributed by atoms with Gasteiger partial charge in [-0.05, 0) is 37.3 Å². The van der Waals surface area contributed by atoms with Crippen molar-refractivity contribution in [3.05, 3.63) is 81.9 Å². The molecule has 0 aliphatic carbocycles. The minimum Gasteiger partial charge on any atom is -0.345 e. The molecule has 0 unspecified atom stereocenters. The average Bonchev–Trinajstić information content (AvgIpc) is 3.50. The number of pyridine rings is 1. The van der Waals surface area contributed by atoms with Crippen LogP contribution in [0.15, 0.2) is 66.3 Å². The number of rotatable bonds is 5. The first-order valence-corrected chi connectivity index (χ1v) is 11.1. The number of fused-ring (bicyclic) bond motifs is 1. The van der Waals surface area contributed by atoms with E-state index in [-0.39, 0.29) is 5.91 Å². The maximum Gasteiger partial charge on any atom is 0.261 e. The molecule has 0 spiro atoms. The van der Waals surface area contributed by atoms with Crippen molar-refractivity contribution in [2.45, 2.75) is 13.5 Å². The lowest BCUT2D eigenvalue weighted by Gasteiger charge is -2.02. The topological polar surface area (TPSA) is 72.7 Å². The summed E-state index contributed by atoms with van der Waals surface area (Å²) in [7, 11) is 0. The average molecular weight is 432 g/mol. The van der Waals surface area contributed by atoms with Crippen LogP contribution >= 0.6 is 22.7 Å². The summed E-state index contributed by atoms with van der Waals surface area (Å²) in [6, 6.07) is 15.7. The highest BCUT2D eigenvalue weighted by atomic mass is 32.1. The van der Waals surface area contributed by atoms with Crippen LogP contribution in [0.3, 0.4) is 0 Å². The van der Waals surface area contributed by atoms with Gasteiger partial charge in [0, 0.05) is 28.7 Å². The molecule has 5 aromatic rings. The number of hydrogen-bond donors (Lipinski definition) is 1. The predicted octanol–water partition coefficient (Wildman–Crippen LogP) is 4.84. The Bertz CT molecular complexity index is 1320. The summed E-state index contributed by atoms with van der Waals surface area (Å²) in [5.74, 6) is -0.101. The van der Waals surface area contributed by atoms with Crippen molar-refractivity contribution >= 4 is 38.8 Å². The SMILES string of the molecule is Cc1nn(-c2ccccc2)c2sc(C(=O)NCc3nc(-c4ccncc4)cs3)cc12. The number of amides is 1. The number of aromatic nitrogens is 4. The molecule has 0 aliphatic heterocycles. The fourth-order valence-corrected chi connectivity index (χ4v) is 5.04. The van der Waals surface area contributed by atoms with Crippen molar-refractivity contribution in [1.82, 2.24) is 25.1 Å². The molecular formula is C22H17N5OS2. The Balaban J connectivity index is 1.34. The number of thiazole rings is 1. The second kappa shape index (κ2) is 7.81. The minimum absolute atomic E-state index is 0.101. The van der Waals surface area contributed by atoms with E-state index in [0.29, 0.717) is 11.4 Å². The summed E-state index contributed by atoms with van der Waals surface area (Å²) in [6.45, 7) is 2.36. The summed E-state index contributed by atoms with van der Waals surface area (Å²) < 4.78 is 1.90. The fourth-order valence-electron chi connectivity index (χ4n) is 3.19. The van der Waals surface area contributed by atoms with E-state index in [9.17, 15) is 4.79 Å². The van der Waals surface area contributed by atoms with E-state index in [0.717, 1.165) is 37.9 Å². The highest BCUT2D eigenvalue weighted by molar-refractivity contribution is 7.20. The van der Waals surface area contributed by atoms with Gasteiger partial charge in [-0.15, -0.1) is 22.7 Å². The second-order valence-electron chi connectivity index (χ2n) is 6.71. The molecule has 1 amide bonds. The van der Waals surface area contributed by atoms with E-state index in [1.165, 1.54) is 22.7 Å². The zero-order valence-corrected chi connectivity index (χ0v) is 17.7. The summed E-state index contributed by atoms with van der Waals surface area (Å²) in [5.41, 5.74) is 3.80. The molecule has 5 rings (SSSR count). The van der Waals surface area contributed by atoms with Gasteiger partial charge in [0.05, 0.1) is 28.5 Å². The molecule has 0 aliphatic rings. The Morgan fingerprint density at radius 1 is 1.13 bits per heavy atom. The smallest absolute Gasteiger partial charge is 0.261 e. The first-order valence-electron chi connectivity index (χ1n) is 9.36. The van der Waals surface area contributed by atoms with Crippen LogP contribution in [0.5, 0.6) is 0 Å². The third kappa shape index (κ3) is 3.51.